The molecule has 0 fully saturated rings. The summed E-state index contributed by atoms with van der Waals surface area (Å²) in [6.45, 7) is -0.159. The third kappa shape index (κ3) is 5.03. The van der Waals surface area contributed by atoms with Gasteiger partial charge in [0.25, 0.3) is 5.91 Å². The predicted octanol–water partition coefficient (Wildman–Crippen LogP) is 2.26. The van der Waals surface area contributed by atoms with E-state index in [0.717, 1.165) is 10.5 Å². The molecule has 0 aromatic heterocycles. The third-order valence-corrected chi connectivity index (χ3v) is 4.82. The topological polar surface area (TPSA) is 122 Å². The van der Waals surface area contributed by atoms with Crippen LogP contribution in [0.3, 0.4) is 0 Å². The van der Waals surface area contributed by atoms with E-state index in [4.69, 9.17) is 22.2 Å². The highest BCUT2D eigenvalue weighted by atomic mass is 35.5. The van der Waals surface area contributed by atoms with Crippen molar-refractivity contribution in [1.29, 1.82) is 0 Å². The number of imide groups is 1. The number of carbonyl (C=O) groups excluding carboxylic acids is 2. The van der Waals surface area contributed by atoms with Crippen molar-refractivity contribution in [3.05, 3.63) is 71.3 Å². The first kappa shape index (κ1) is 21.5. The van der Waals surface area contributed by atoms with Gasteiger partial charge in [-0.1, -0.05) is 59.2 Å². The van der Waals surface area contributed by atoms with Crippen molar-refractivity contribution in [2.45, 2.75) is 25.0 Å². The smallest absolute Gasteiger partial charge is 0.336 e. The Kier molecular flexibility index (Phi) is 6.81. The third-order valence-electron chi connectivity index (χ3n) is 4.60. The van der Waals surface area contributed by atoms with Gasteiger partial charge < -0.3 is 15.7 Å². The molecule has 2 amide bonds. The molecule has 1 unspecified atom stereocenters. The fourth-order valence-corrected chi connectivity index (χ4v) is 3.34. The van der Waals surface area contributed by atoms with Crippen molar-refractivity contribution in [1.82, 2.24) is 4.90 Å². The molecule has 0 aliphatic carbocycles. The number of aromatic carboxylic acids is 1. The van der Waals surface area contributed by atoms with Gasteiger partial charge >= 0.3 is 5.97 Å². The molecule has 1 heterocycles. The number of rotatable bonds is 7. The van der Waals surface area contributed by atoms with Crippen molar-refractivity contribution < 1.29 is 24.3 Å². The zero-order valence-corrected chi connectivity index (χ0v) is 16.7. The summed E-state index contributed by atoms with van der Waals surface area (Å²) >= 11 is 5.84. The van der Waals surface area contributed by atoms with Gasteiger partial charge in [-0.3, -0.25) is 14.5 Å². The van der Waals surface area contributed by atoms with Crippen LogP contribution in [-0.2, 0) is 16.1 Å². The summed E-state index contributed by atoms with van der Waals surface area (Å²) in [5.74, 6) is -2.69. The Balaban J connectivity index is 1.87. The summed E-state index contributed by atoms with van der Waals surface area (Å²) in [6, 6.07) is 13.8. The molecule has 2 atom stereocenters. The van der Waals surface area contributed by atoms with Gasteiger partial charge in [-0.15, -0.1) is 0 Å². The lowest BCUT2D eigenvalue weighted by Gasteiger charge is -2.26. The zero-order chi connectivity index (χ0) is 21.7. The lowest BCUT2D eigenvalue weighted by atomic mass is 10.0. The Morgan fingerprint density at radius 2 is 1.77 bits per heavy atom. The number of halogens is 1. The van der Waals surface area contributed by atoms with Crippen LogP contribution in [0.1, 0.15) is 32.7 Å². The number of nitrogens with two attached hydrogens (primary N) is 1. The van der Waals surface area contributed by atoms with Crippen molar-refractivity contribution >= 4 is 34.6 Å². The molecular weight excluding hydrogens is 410 g/mol. The van der Waals surface area contributed by atoms with Crippen molar-refractivity contribution in [2.75, 3.05) is 6.54 Å². The molecule has 30 heavy (non-hydrogen) atoms. The van der Waals surface area contributed by atoms with Gasteiger partial charge in [0.05, 0.1) is 23.7 Å². The summed E-state index contributed by atoms with van der Waals surface area (Å²) in [5.41, 5.74) is 6.62. The van der Waals surface area contributed by atoms with E-state index in [9.17, 15) is 19.5 Å². The van der Waals surface area contributed by atoms with Crippen molar-refractivity contribution in [3.8, 4) is 0 Å². The lowest BCUT2D eigenvalue weighted by molar-refractivity contribution is -0.131. The van der Waals surface area contributed by atoms with Gasteiger partial charge in [0.1, 0.15) is 5.17 Å². The van der Waals surface area contributed by atoms with Crippen molar-refractivity contribution in [2.24, 2.45) is 10.9 Å². The number of hydrogen-bond donors (Lipinski definition) is 2. The summed E-state index contributed by atoms with van der Waals surface area (Å²) in [5, 5.41) is 13.3. The van der Waals surface area contributed by atoms with Gasteiger partial charge in [0.2, 0.25) is 5.91 Å². The van der Waals surface area contributed by atoms with E-state index in [1.807, 2.05) is 30.3 Å². The SMILES string of the molecule is N[C@@H](Cc1ccccc1)C(=O)N(CC1CC(Cl)=NO1)C(=O)c1ccccc1C(=O)O. The molecule has 0 radical (unpaired) electrons. The second kappa shape index (κ2) is 9.51. The van der Waals surface area contributed by atoms with Crippen LogP contribution in [-0.4, -0.2) is 51.7 Å². The fraction of sp³-hybridized carbons (Fsp3) is 0.238. The van der Waals surface area contributed by atoms with Crippen LogP contribution in [0.2, 0.25) is 0 Å². The number of nitrogens with zero attached hydrogens (tertiary/aromatic N) is 2. The Labute approximate surface area is 177 Å². The van der Waals surface area contributed by atoms with E-state index < -0.39 is 29.9 Å². The molecule has 3 N–H and O–H groups in total. The molecule has 9 heteroatoms. The molecule has 2 aromatic rings. The number of carboxylic acids is 1. The number of carbonyl (C=O) groups is 3. The Morgan fingerprint density at radius 1 is 1.13 bits per heavy atom. The van der Waals surface area contributed by atoms with Gasteiger partial charge in [0.15, 0.2) is 6.10 Å². The summed E-state index contributed by atoms with van der Waals surface area (Å²) in [7, 11) is 0. The standard InChI is InChI=1S/C21H20ClN3O5/c22-18-11-14(30-24-18)12-25(19(26)15-8-4-5-9-16(15)21(28)29)20(27)17(23)10-13-6-2-1-3-7-13/h1-9,14,17H,10-12,23H2,(H,28,29)/t14?,17-/m0/s1. The minimum absolute atomic E-state index is 0.115. The molecule has 156 valence electrons. The van der Waals surface area contributed by atoms with E-state index in [1.165, 1.54) is 24.3 Å². The van der Waals surface area contributed by atoms with E-state index in [2.05, 4.69) is 5.16 Å². The second-order valence-electron chi connectivity index (χ2n) is 6.80. The highest BCUT2D eigenvalue weighted by molar-refractivity contribution is 6.65. The van der Waals surface area contributed by atoms with Crippen LogP contribution in [0, 0.1) is 0 Å². The number of hydrogen-bond acceptors (Lipinski definition) is 6. The molecule has 1 aliphatic heterocycles. The van der Waals surface area contributed by atoms with Crippen LogP contribution in [0.4, 0.5) is 0 Å². The second-order valence-corrected chi connectivity index (χ2v) is 7.24. The first-order valence-electron chi connectivity index (χ1n) is 9.22. The molecule has 2 aromatic carbocycles. The van der Waals surface area contributed by atoms with Crippen LogP contribution in [0.15, 0.2) is 59.8 Å². The molecule has 0 spiro atoms. The molecule has 0 saturated carbocycles. The van der Waals surface area contributed by atoms with Gasteiger partial charge in [-0.05, 0) is 24.1 Å². The summed E-state index contributed by atoms with van der Waals surface area (Å²) in [4.78, 5) is 43.9. The molecule has 0 saturated heterocycles. The predicted molar refractivity (Wildman–Crippen MR) is 110 cm³/mol. The van der Waals surface area contributed by atoms with Crippen LogP contribution >= 0.6 is 11.6 Å². The largest absolute Gasteiger partial charge is 0.478 e. The Hall–Kier alpha value is -3.23. The average molecular weight is 430 g/mol. The maximum absolute atomic E-state index is 13.2. The van der Waals surface area contributed by atoms with E-state index in [0.29, 0.717) is 0 Å². The quantitative estimate of drug-likeness (QED) is 0.696. The highest BCUT2D eigenvalue weighted by Crippen LogP contribution is 2.19. The molecule has 0 bridgehead atoms. The maximum Gasteiger partial charge on any atom is 0.336 e. The maximum atomic E-state index is 13.2. The molecule has 3 rings (SSSR count). The zero-order valence-electron chi connectivity index (χ0n) is 15.9. The van der Waals surface area contributed by atoms with Crippen LogP contribution < -0.4 is 5.73 Å². The molecular formula is C21H20ClN3O5. The monoisotopic (exact) mass is 429 g/mol. The van der Waals surface area contributed by atoms with E-state index >= 15 is 0 Å². The molecule has 8 nitrogen and oxygen atoms in total. The summed E-state index contributed by atoms with van der Waals surface area (Å²) < 4.78 is 0. The van der Waals surface area contributed by atoms with Gasteiger partial charge in [0, 0.05) is 6.42 Å². The number of oxime groups is 1. The number of carboxylic acid groups (broad SMARTS) is 1. The Morgan fingerprint density at radius 3 is 2.37 bits per heavy atom. The average Bonchev–Trinajstić information content (AvgIpc) is 3.16. The summed E-state index contributed by atoms with van der Waals surface area (Å²) in [6.07, 6.45) is -0.189. The first-order valence-corrected chi connectivity index (χ1v) is 9.60. The van der Waals surface area contributed by atoms with Gasteiger partial charge in [-0.2, -0.15) is 0 Å². The van der Waals surface area contributed by atoms with E-state index in [-0.39, 0.29) is 35.7 Å². The molecule has 1 aliphatic rings. The minimum Gasteiger partial charge on any atom is -0.478 e. The Bertz CT molecular complexity index is 980. The highest BCUT2D eigenvalue weighted by Gasteiger charge is 2.34. The number of benzene rings is 2. The van der Waals surface area contributed by atoms with Crippen LogP contribution in [0.25, 0.3) is 0 Å². The van der Waals surface area contributed by atoms with Crippen molar-refractivity contribution in [3.63, 3.8) is 0 Å². The van der Waals surface area contributed by atoms with Gasteiger partial charge in [-0.25, -0.2) is 4.79 Å². The normalized spacial score (nSPS) is 16.3. The van der Waals surface area contributed by atoms with Crippen LogP contribution in [0.5, 0.6) is 0 Å². The van der Waals surface area contributed by atoms with E-state index in [1.54, 1.807) is 0 Å². The fourth-order valence-electron chi connectivity index (χ4n) is 3.13. The lowest BCUT2D eigenvalue weighted by Crippen LogP contribution is -2.50. The number of amides is 2. The first-order chi connectivity index (χ1) is 14.4. The minimum atomic E-state index is -1.27.